The Morgan fingerprint density at radius 1 is 0.974 bits per heavy atom. The van der Waals surface area contributed by atoms with Gasteiger partial charge in [0.25, 0.3) is 8.32 Å². The topological polar surface area (TPSA) is 23.3 Å². The van der Waals surface area contributed by atoms with E-state index in [0.717, 1.165) is 18.6 Å². The van der Waals surface area contributed by atoms with E-state index in [2.05, 4.69) is 114 Å². The van der Waals surface area contributed by atoms with Crippen molar-refractivity contribution in [1.82, 2.24) is 0 Å². The molecule has 1 aliphatic rings. The molecule has 0 heterocycles. The van der Waals surface area contributed by atoms with E-state index in [-0.39, 0.29) is 13.5 Å². The first-order chi connectivity index (χ1) is 18.2. The fraction of sp³-hybridized carbons (Fsp3) is 0.424. The van der Waals surface area contributed by atoms with Crippen LogP contribution in [0.1, 0.15) is 75.2 Å². The molecule has 3 atom stereocenters. The maximum absolute atomic E-state index is 7.11. The zero-order chi connectivity index (χ0) is 27.7. The van der Waals surface area contributed by atoms with Crippen molar-refractivity contribution in [2.45, 2.75) is 84.1 Å². The van der Waals surface area contributed by atoms with Crippen LogP contribution in [-0.2, 0) is 27.3 Å². The molecule has 4 rings (SSSR count). The average Bonchev–Trinajstić information content (AvgIpc) is 3.24. The Labute approximate surface area is 258 Å². The van der Waals surface area contributed by atoms with Crippen LogP contribution < -0.4 is 4.43 Å². The molecule has 0 bridgehead atoms. The van der Waals surface area contributed by atoms with Gasteiger partial charge in [-0.3, -0.25) is 0 Å². The van der Waals surface area contributed by atoms with Crippen LogP contribution in [0.2, 0.25) is 13.1 Å². The van der Waals surface area contributed by atoms with Gasteiger partial charge < -0.3 is 17.2 Å². The SMILES string of the molecule is CCCCC([N-]C(C)C)c1ccccc1O[Si](C)(C)C1c2cccc(-c3ccccc3)c2CC1C.[CH3-].[Cl][Zr+2][Cl]. The Balaban J connectivity index is 0.00000127. The van der Waals surface area contributed by atoms with Crippen LogP contribution in [-0.4, -0.2) is 14.4 Å². The van der Waals surface area contributed by atoms with Crippen molar-refractivity contribution >= 4 is 25.3 Å². The zero-order valence-electron chi connectivity index (χ0n) is 24.7. The summed E-state index contributed by atoms with van der Waals surface area (Å²) in [6, 6.07) is 26.9. The summed E-state index contributed by atoms with van der Waals surface area (Å²) in [6.45, 7) is 13.9. The number of unbranched alkanes of at least 4 members (excludes halogenated alkanes) is 1. The maximum atomic E-state index is 7.11. The molecular weight excluding hydrogens is 617 g/mol. The molecule has 0 spiro atoms. The number of hydrogen-bond donors (Lipinski definition) is 0. The summed E-state index contributed by atoms with van der Waals surface area (Å²) in [5.74, 6) is 1.62. The minimum atomic E-state index is -2.14. The van der Waals surface area contributed by atoms with Crippen molar-refractivity contribution in [3.63, 3.8) is 0 Å². The molecule has 0 amide bonds. The Kier molecular flexibility index (Phi) is 14.5. The third-order valence-electron chi connectivity index (χ3n) is 7.44. The van der Waals surface area contributed by atoms with Gasteiger partial charge in [0.1, 0.15) is 5.75 Å². The summed E-state index contributed by atoms with van der Waals surface area (Å²) >= 11 is -0.826. The molecular formula is C33H45Cl2NOSiZr. The van der Waals surface area contributed by atoms with Crippen LogP contribution in [0, 0.1) is 13.3 Å². The first kappa shape index (κ1) is 34.3. The minimum absolute atomic E-state index is 0. The van der Waals surface area contributed by atoms with Gasteiger partial charge in [-0.2, -0.15) is 0 Å². The zero-order valence-corrected chi connectivity index (χ0v) is 29.6. The van der Waals surface area contributed by atoms with E-state index in [1.165, 1.54) is 40.7 Å². The van der Waals surface area contributed by atoms with E-state index >= 15 is 0 Å². The van der Waals surface area contributed by atoms with Crippen LogP contribution in [0.5, 0.6) is 5.75 Å². The fourth-order valence-corrected chi connectivity index (χ4v) is 9.47. The van der Waals surface area contributed by atoms with Gasteiger partial charge in [0.15, 0.2) is 0 Å². The summed E-state index contributed by atoms with van der Waals surface area (Å²) < 4.78 is 7.11. The van der Waals surface area contributed by atoms with Crippen LogP contribution in [0.4, 0.5) is 0 Å². The van der Waals surface area contributed by atoms with Crippen molar-refractivity contribution in [2.24, 2.45) is 5.92 Å². The summed E-state index contributed by atoms with van der Waals surface area (Å²) in [6.07, 6.45) is 4.58. The molecule has 2 nitrogen and oxygen atoms in total. The van der Waals surface area contributed by atoms with Crippen LogP contribution >= 0.6 is 17.0 Å². The van der Waals surface area contributed by atoms with E-state index in [0.29, 0.717) is 17.5 Å². The standard InChI is InChI=1S/C32H42NOSi.CH3.2ClH.Zr/c1-7-8-20-30(33-23(2)3)28-17-12-13-21-31(28)34-35(5,6)32-24(4)22-29-26(18-14-19-27(29)32)25-15-10-9-11-16-25;;;;/h9-19,21,23-24,30,32H,7-8,20,22H2,1-6H3;1H3;2*1H;/q2*-1;;;+4/p-2. The number of fused-ring (bicyclic) bond motifs is 1. The molecule has 6 heteroatoms. The van der Waals surface area contributed by atoms with Gasteiger partial charge >= 0.3 is 37.9 Å². The van der Waals surface area contributed by atoms with Gasteiger partial charge in [-0.15, -0.1) is 12.1 Å². The number of rotatable bonds is 10. The van der Waals surface area contributed by atoms with Gasteiger partial charge in [-0.05, 0) is 59.3 Å². The number of halogens is 2. The molecule has 39 heavy (non-hydrogen) atoms. The summed E-state index contributed by atoms with van der Waals surface area (Å²) in [5, 5.41) is 5.10. The van der Waals surface area contributed by atoms with E-state index < -0.39 is 29.2 Å². The van der Waals surface area contributed by atoms with E-state index in [4.69, 9.17) is 26.8 Å². The summed E-state index contributed by atoms with van der Waals surface area (Å²) in [7, 11) is 7.73. The summed E-state index contributed by atoms with van der Waals surface area (Å²) in [4.78, 5) is 0. The van der Waals surface area contributed by atoms with Crippen LogP contribution in [0.3, 0.4) is 0 Å². The van der Waals surface area contributed by atoms with Gasteiger partial charge in [0, 0.05) is 5.54 Å². The molecule has 1 aliphatic carbocycles. The number of hydrogen-bond acceptors (Lipinski definition) is 1. The molecule has 210 valence electrons. The molecule has 0 saturated carbocycles. The second kappa shape index (κ2) is 16.5. The van der Waals surface area contributed by atoms with E-state index in [9.17, 15) is 0 Å². The Bertz CT molecular complexity index is 1140. The van der Waals surface area contributed by atoms with Gasteiger partial charge in [-0.25, -0.2) is 0 Å². The van der Waals surface area contributed by atoms with Crippen molar-refractivity contribution in [1.29, 1.82) is 0 Å². The molecule has 3 aromatic carbocycles. The Morgan fingerprint density at radius 2 is 1.62 bits per heavy atom. The molecule has 3 aromatic rings. The van der Waals surface area contributed by atoms with Crippen molar-refractivity contribution in [2.75, 3.05) is 0 Å². The average molecular weight is 662 g/mol. The third kappa shape index (κ3) is 9.04. The second-order valence-corrected chi connectivity index (χ2v) is 18.9. The molecule has 0 aliphatic heterocycles. The molecule has 0 N–H and O–H groups in total. The fourth-order valence-electron chi connectivity index (χ4n) is 6.08. The monoisotopic (exact) mass is 659 g/mol. The number of para-hydroxylation sites is 1. The van der Waals surface area contributed by atoms with Crippen LogP contribution in [0.25, 0.3) is 16.4 Å². The Hall–Kier alpha value is -0.900. The van der Waals surface area contributed by atoms with Gasteiger partial charge in [0.2, 0.25) is 0 Å². The van der Waals surface area contributed by atoms with E-state index in [1.807, 2.05) is 0 Å². The molecule has 0 radical (unpaired) electrons. The normalized spacial score (nSPS) is 16.8. The van der Waals surface area contributed by atoms with Gasteiger partial charge in [-0.1, -0.05) is 114 Å². The van der Waals surface area contributed by atoms with Crippen molar-refractivity contribution < 1.29 is 25.3 Å². The summed E-state index contributed by atoms with van der Waals surface area (Å²) in [5.41, 5.74) is 7.45. The molecule has 0 saturated heterocycles. The second-order valence-electron chi connectivity index (χ2n) is 11.1. The molecule has 0 aromatic heterocycles. The predicted molar refractivity (Wildman–Crippen MR) is 171 cm³/mol. The molecule has 0 fully saturated rings. The number of benzene rings is 3. The molecule has 3 unspecified atom stereocenters. The number of nitrogens with zero attached hydrogens (tertiary/aromatic N) is 1. The quantitative estimate of drug-likeness (QED) is 0.157. The Morgan fingerprint density at radius 3 is 2.26 bits per heavy atom. The van der Waals surface area contributed by atoms with Crippen molar-refractivity contribution in [3.05, 3.63) is 102 Å². The first-order valence-electron chi connectivity index (χ1n) is 13.8. The van der Waals surface area contributed by atoms with Crippen molar-refractivity contribution in [3.8, 4) is 16.9 Å². The van der Waals surface area contributed by atoms with E-state index in [1.54, 1.807) is 0 Å². The predicted octanol–water partition coefficient (Wildman–Crippen LogP) is 11.3. The first-order valence-corrected chi connectivity index (χ1v) is 23.2. The third-order valence-corrected chi connectivity index (χ3v) is 10.6. The van der Waals surface area contributed by atoms with Crippen LogP contribution in [0.15, 0.2) is 72.8 Å². The van der Waals surface area contributed by atoms with Gasteiger partial charge in [0.05, 0.1) is 0 Å².